The third kappa shape index (κ3) is 6.16. The summed E-state index contributed by atoms with van der Waals surface area (Å²) in [7, 11) is 1.78. The fourth-order valence-electron chi connectivity index (χ4n) is 3.92. The molecule has 0 spiro atoms. The van der Waals surface area contributed by atoms with Gasteiger partial charge in [0.1, 0.15) is 0 Å². The smallest absolute Gasteiger partial charge is 0.237 e. The van der Waals surface area contributed by atoms with Gasteiger partial charge >= 0.3 is 0 Å². The maximum absolute atomic E-state index is 12.8. The fraction of sp³-hybridized carbons (Fsp3) is 0.522. The summed E-state index contributed by atoms with van der Waals surface area (Å²) in [6.07, 6.45) is 4.10. The zero-order chi connectivity index (χ0) is 21.3. The van der Waals surface area contributed by atoms with Crippen molar-refractivity contribution >= 4 is 11.8 Å². The molecular formula is C23H33N5O2. The molecule has 1 saturated heterocycles. The van der Waals surface area contributed by atoms with Crippen molar-refractivity contribution in [3.8, 4) is 0 Å². The number of H-pyrrole nitrogens is 1. The van der Waals surface area contributed by atoms with Gasteiger partial charge < -0.3 is 10.2 Å². The number of aromatic nitrogens is 2. The highest BCUT2D eigenvalue weighted by atomic mass is 16.2. The second-order valence-electron chi connectivity index (χ2n) is 8.02. The van der Waals surface area contributed by atoms with Crippen LogP contribution in [0.2, 0.25) is 0 Å². The summed E-state index contributed by atoms with van der Waals surface area (Å²) < 4.78 is 0. The molecule has 162 valence electrons. The molecule has 0 saturated carbocycles. The van der Waals surface area contributed by atoms with Crippen molar-refractivity contribution < 1.29 is 9.59 Å². The number of carbonyl (C=O) groups excluding carboxylic acids is 2. The number of hydrogen-bond donors (Lipinski definition) is 2. The monoisotopic (exact) mass is 411 g/mol. The summed E-state index contributed by atoms with van der Waals surface area (Å²) in [6.45, 7) is 4.82. The van der Waals surface area contributed by atoms with Crippen molar-refractivity contribution in [3.05, 3.63) is 53.3 Å². The van der Waals surface area contributed by atoms with Gasteiger partial charge in [-0.25, -0.2) is 0 Å². The Bertz CT molecular complexity index is 820. The van der Waals surface area contributed by atoms with E-state index >= 15 is 0 Å². The summed E-state index contributed by atoms with van der Waals surface area (Å²) in [4.78, 5) is 29.1. The molecule has 0 aliphatic carbocycles. The van der Waals surface area contributed by atoms with E-state index in [9.17, 15) is 9.59 Å². The number of hydrogen-bond acceptors (Lipinski definition) is 4. The van der Waals surface area contributed by atoms with E-state index in [2.05, 4.69) is 39.5 Å². The van der Waals surface area contributed by atoms with Crippen molar-refractivity contribution in [2.75, 3.05) is 26.7 Å². The SMILES string of the molecule is CCCc1cc(CN(C)C(=O)C[C@H]2C(=O)NCCN2CCCc2ccccc2)[nH]n1. The molecule has 1 fully saturated rings. The van der Waals surface area contributed by atoms with Crippen LogP contribution in [0.5, 0.6) is 0 Å². The zero-order valence-corrected chi connectivity index (χ0v) is 18.1. The maximum Gasteiger partial charge on any atom is 0.237 e. The van der Waals surface area contributed by atoms with Crippen molar-refractivity contribution in [3.63, 3.8) is 0 Å². The number of rotatable bonds is 10. The van der Waals surface area contributed by atoms with Crippen LogP contribution >= 0.6 is 0 Å². The standard InChI is InChI=1S/C23H33N5O2/c1-3-8-19-15-20(26-25-19)17-27(2)22(29)16-21-23(30)24-12-14-28(21)13-7-11-18-9-5-4-6-10-18/h4-6,9-10,15,21H,3,7-8,11-14,16-17H2,1-2H3,(H,24,30)(H,25,26)/t21-/m0/s1. The van der Waals surface area contributed by atoms with E-state index in [1.807, 2.05) is 24.3 Å². The van der Waals surface area contributed by atoms with Gasteiger partial charge in [0.05, 0.1) is 30.4 Å². The fourth-order valence-corrected chi connectivity index (χ4v) is 3.92. The lowest BCUT2D eigenvalue weighted by molar-refractivity contribution is -0.138. The predicted octanol–water partition coefficient (Wildman–Crippen LogP) is 2.14. The van der Waals surface area contributed by atoms with Gasteiger partial charge in [0.15, 0.2) is 0 Å². The minimum Gasteiger partial charge on any atom is -0.353 e. The molecule has 1 aliphatic heterocycles. The van der Waals surface area contributed by atoms with Gasteiger partial charge in [0.25, 0.3) is 0 Å². The molecule has 3 rings (SSSR count). The van der Waals surface area contributed by atoms with Crippen LogP contribution in [-0.4, -0.2) is 64.5 Å². The number of nitrogens with zero attached hydrogens (tertiary/aromatic N) is 3. The van der Waals surface area contributed by atoms with Crippen LogP contribution in [0.4, 0.5) is 0 Å². The van der Waals surface area contributed by atoms with Gasteiger partial charge in [-0.1, -0.05) is 43.7 Å². The molecule has 1 aromatic carbocycles. The highest BCUT2D eigenvalue weighted by Crippen LogP contribution is 2.14. The lowest BCUT2D eigenvalue weighted by Gasteiger charge is -2.35. The highest BCUT2D eigenvalue weighted by molar-refractivity contribution is 5.88. The van der Waals surface area contributed by atoms with Crippen LogP contribution < -0.4 is 5.32 Å². The summed E-state index contributed by atoms with van der Waals surface area (Å²) in [6, 6.07) is 12.0. The first-order chi connectivity index (χ1) is 14.6. The third-order valence-electron chi connectivity index (χ3n) is 5.59. The van der Waals surface area contributed by atoms with E-state index in [4.69, 9.17) is 0 Å². The topological polar surface area (TPSA) is 81.3 Å². The number of benzene rings is 1. The molecule has 0 bridgehead atoms. The van der Waals surface area contributed by atoms with Gasteiger partial charge in [-0.05, 0) is 37.4 Å². The third-order valence-corrected chi connectivity index (χ3v) is 5.59. The zero-order valence-electron chi connectivity index (χ0n) is 18.1. The molecule has 2 N–H and O–H groups in total. The van der Waals surface area contributed by atoms with Crippen molar-refractivity contribution in [1.29, 1.82) is 0 Å². The van der Waals surface area contributed by atoms with Crippen LogP contribution in [0, 0.1) is 0 Å². The second-order valence-corrected chi connectivity index (χ2v) is 8.02. The minimum atomic E-state index is -0.401. The number of nitrogens with one attached hydrogen (secondary N) is 2. The average molecular weight is 412 g/mol. The lowest BCUT2D eigenvalue weighted by Crippen LogP contribution is -2.56. The summed E-state index contributed by atoms with van der Waals surface area (Å²) >= 11 is 0. The molecule has 0 unspecified atom stereocenters. The minimum absolute atomic E-state index is 0.0308. The molecule has 7 heteroatoms. The molecular weight excluding hydrogens is 378 g/mol. The first-order valence-corrected chi connectivity index (χ1v) is 10.9. The molecule has 1 atom stereocenters. The number of aromatic amines is 1. The van der Waals surface area contributed by atoms with Crippen LogP contribution in [0.1, 0.15) is 43.1 Å². The van der Waals surface area contributed by atoms with Crippen LogP contribution in [0.15, 0.2) is 36.4 Å². The summed E-state index contributed by atoms with van der Waals surface area (Å²) in [5.74, 6) is -0.0776. The Morgan fingerprint density at radius 1 is 1.27 bits per heavy atom. The van der Waals surface area contributed by atoms with E-state index in [1.165, 1.54) is 5.56 Å². The van der Waals surface area contributed by atoms with Gasteiger partial charge in [-0.2, -0.15) is 5.10 Å². The molecule has 1 aromatic heterocycles. The van der Waals surface area contributed by atoms with Gasteiger partial charge in [-0.15, -0.1) is 0 Å². The number of carbonyl (C=O) groups is 2. The van der Waals surface area contributed by atoms with E-state index in [0.29, 0.717) is 13.1 Å². The molecule has 1 aliphatic rings. The van der Waals surface area contributed by atoms with E-state index in [0.717, 1.165) is 50.2 Å². The summed E-state index contributed by atoms with van der Waals surface area (Å²) in [5, 5.41) is 10.2. The Morgan fingerprint density at radius 3 is 2.83 bits per heavy atom. The Balaban J connectivity index is 1.52. The molecule has 30 heavy (non-hydrogen) atoms. The Hall–Kier alpha value is -2.67. The average Bonchev–Trinajstić information content (AvgIpc) is 3.18. The Kier molecular flexibility index (Phi) is 8.02. The van der Waals surface area contributed by atoms with Crippen LogP contribution in [0.25, 0.3) is 0 Å². The molecule has 7 nitrogen and oxygen atoms in total. The van der Waals surface area contributed by atoms with Crippen LogP contribution in [-0.2, 0) is 29.0 Å². The van der Waals surface area contributed by atoms with Crippen molar-refractivity contribution in [1.82, 2.24) is 25.3 Å². The number of piperazine rings is 1. The lowest BCUT2D eigenvalue weighted by atomic mass is 10.1. The van der Waals surface area contributed by atoms with Gasteiger partial charge in [0, 0.05) is 20.1 Å². The second kappa shape index (κ2) is 10.9. The number of aryl methyl sites for hydroxylation is 2. The highest BCUT2D eigenvalue weighted by Gasteiger charge is 2.32. The molecule has 0 radical (unpaired) electrons. The largest absolute Gasteiger partial charge is 0.353 e. The van der Waals surface area contributed by atoms with Crippen LogP contribution in [0.3, 0.4) is 0 Å². The summed E-state index contributed by atoms with van der Waals surface area (Å²) in [5.41, 5.74) is 3.24. The van der Waals surface area contributed by atoms with Gasteiger partial charge in [0.2, 0.25) is 11.8 Å². The molecule has 2 amide bonds. The number of amides is 2. The Labute approximate surface area is 178 Å². The maximum atomic E-state index is 12.8. The molecule has 2 aromatic rings. The first kappa shape index (κ1) is 22.0. The quantitative estimate of drug-likeness (QED) is 0.628. The predicted molar refractivity (Wildman–Crippen MR) is 117 cm³/mol. The van der Waals surface area contributed by atoms with E-state index < -0.39 is 6.04 Å². The van der Waals surface area contributed by atoms with Crippen molar-refractivity contribution in [2.45, 2.75) is 51.6 Å². The molecule has 2 heterocycles. The van der Waals surface area contributed by atoms with E-state index in [1.54, 1.807) is 11.9 Å². The van der Waals surface area contributed by atoms with Crippen molar-refractivity contribution in [2.24, 2.45) is 0 Å². The van der Waals surface area contributed by atoms with E-state index in [-0.39, 0.29) is 18.2 Å². The van der Waals surface area contributed by atoms with Gasteiger partial charge in [-0.3, -0.25) is 19.6 Å². The Morgan fingerprint density at radius 2 is 2.07 bits per heavy atom. The first-order valence-electron chi connectivity index (χ1n) is 10.9. The normalized spacial score (nSPS) is 17.0.